The number of para-hydroxylation sites is 2. The second-order valence-electron chi connectivity index (χ2n) is 5.88. The van der Waals surface area contributed by atoms with Crippen LogP contribution >= 0.6 is 11.3 Å². The van der Waals surface area contributed by atoms with Crippen molar-refractivity contribution in [2.24, 2.45) is 0 Å². The number of likely N-dealkylation sites (N-methyl/N-ethyl adjacent to an activating group) is 1. The lowest BCUT2D eigenvalue weighted by Crippen LogP contribution is -3.14. The van der Waals surface area contributed by atoms with Crippen LogP contribution in [0.25, 0.3) is 0 Å². The van der Waals surface area contributed by atoms with Crippen LogP contribution in [-0.4, -0.2) is 45.1 Å². The van der Waals surface area contributed by atoms with Gasteiger partial charge in [-0.2, -0.15) is 0 Å². The SMILES string of the molecule is CC[NH+](CC(=O)NCCc1cccs1)CC(=O)Nc1ccccc1OC. The molecule has 0 aliphatic heterocycles. The minimum Gasteiger partial charge on any atom is -0.495 e. The Balaban J connectivity index is 1.76. The van der Waals surface area contributed by atoms with Gasteiger partial charge in [0.1, 0.15) is 5.75 Å². The van der Waals surface area contributed by atoms with Crippen LogP contribution in [0, 0.1) is 0 Å². The number of nitrogens with one attached hydrogen (secondary N) is 3. The van der Waals surface area contributed by atoms with E-state index in [1.165, 1.54) is 4.88 Å². The van der Waals surface area contributed by atoms with Gasteiger partial charge in [-0.1, -0.05) is 18.2 Å². The van der Waals surface area contributed by atoms with Gasteiger partial charge in [-0.3, -0.25) is 9.59 Å². The fraction of sp³-hybridized carbons (Fsp3) is 0.368. The zero-order valence-electron chi connectivity index (χ0n) is 15.2. The summed E-state index contributed by atoms with van der Waals surface area (Å²) in [6.07, 6.45) is 0.832. The van der Waals surface area contributed by atoms with Crippen molar-refractivity contribution >= 4 is 28.8 Å². The number of anilines is 1. The van der Waals surface area contributed by atoms with Crippen LogP contribution in [0.3, 0.4) is 0 Å². The van der Waals surface area contributed by atoms with Crippen molar-refractivity contribution in [3.05, 3.63) is 46.7 Å². The van der Waals surface area contributed by atoms with E-state index in [-0.39, 0.29) is 24.9 Å². The predicted octanol–water partition coefficient (Wildman–Crippen LogP) is 0.959. The molecule has 1 unspecified atom stereocenters. The molecule has 0 aliphatic rings. The normalized spacial score (nSPS) is 11.6. The Morgan fingerprint density at radius 3 is 2.58 bits per heavy atom. The minimum atomic E-state index is -0.141. The van der Waals surface area contributed by atoms with Crippen LogP contribution < -0.4 is 20.3 Å². The molecule has 3 N–H and O–H groups in total. The Bertz CT molecular complexity index is 704. The number of methoxy groups -OCH3 is 1. The third-order valence-electron chi connectivity index (χ3n) is 3.98. The third-order valence-corrected chi connectivity index (χ3v) is 4.91. The van der Waals surface area contributed by atoms with Gasteiger partial charge < -0.3 is 20.3 Å². The Kier molecular flexibility index (Phi) is 8.11. The van der Waals surface area contributed by atoms with Crippen molar-refractivity contribution in [3.63, 3.8) is 0 Å². The van der Waals surface area contributed by atoms with Crippen LogP contribution in [0.15, 0.2) is 41.8 Å². The van der Waals surface area contributed by atoms with Crippen LogP contribution in [0.1, 0.15) is 11.8 Å². The van der Waals surface area contributed by atoms with Gasteiger partial charge in [0, 0.05) is 11.4 Å². The topological polar surface area (TPSA) is 71.9 Å². The zero-order chi connectivity index (χ0) is 18.8. The molecule has 0 fully saturated rings. The van der Waals surface area contributed by atoms with Gasteiger partial charge in [0.05, 0.1) is 19.3 Å². The van der Waals surface area contributed by atoms with E-state index in [0.717, 1.165) is 11.3 Å². The van der Waals surface area contributed by atoms with Gasteiger partial charge in [-0.15, -0.1) is 11.3 Å². The molecule has 0 saturated heterocycles. The highest BCUT2D eigenvalue weighted by Crippen LogP contribution is 2.22. The molecule has 140 valence electrons. The predicted molar refractivity (Wildman–Crippen MR) is 104 cm³/mol. The van der Waals surface area contributed by atoms with E-state index in [0.29, 0.717) is 24.5 Å². The first-order valence-corrected chi connectivity index (χ1v) is 9.55. The van der Waals surface area contributed by atoms with E-state index in [1.807, 2.05) is 30.5 Å². The van der Waals surface area contributed by atoms with Crippen molar-refractivity contribution in [1.82, 2.24) is 5.32 Å². The molecule has 2 aromatic rings. The first-order chi connectivity index (χ1) is 12.6. The molecule has 0 radical (unpaired) electrons. The molecule has 2 rings (SSSR count). The summed E-state index contributed by atoms with van der Waals surface area (Å²) in [6.45, 7) is 3.78. The molecule has 1 atom stereocenters. The number of hydrogen-bond acceptors (Lipinski definition) is 4. The van der Waals surface area contributed by atoms with E-state index in [2.05, 4.69) is 16.7 Å². The summed E-state index contributed by atoms with van der Waals surface area (Å²) in [4.78, 5) is 26.5. The summed E-state index contributed by atoms with van der Waals surface area (Å²) in [6, 6.07) is 11.3. The highest BCUT2D eigenvalue weighted by Gasteiger charge is 2.17. The van der Waals surface area contributed by atoms with Crippen LogP contribution in [0.5, 0.6) is 5.75 Å². The molecule has 6 nitrogen and oxygen atoms in total. The van der Waals surface area contributed by atoms with Crippen molar-refractivity contribution < 1.29 is 19.2 Å². The lowest BCUT2D eigenvalue weighted by Gasteiger charge is -2.17. The van der Waals surface area contributed by atoms with Gasteiger partial charge in [0.15, 0.2) is 13.1 Å². The van der Waals surface area contributed by atoms with Crippen molar-refractivity contribution in [3.8, 4) is 5.75 Å². The molecular weight excluding hydrogens is 350 g/mol. The third kappa shape index (κ3) is 6.50. The zero-order valence-corrected chi connectivity index (χ0v) is 16.0. The maximum absolute atomic E-state index is 12.3. The van der Waals surface area contributed by atoms with Gasteiger partial charge in [0.25, 0.3) is 11.8 Å². The highest BCUT2D eigenvalue weighted by atomic mass is 32.1. The fourth-order valence-electron chi connectivity index (χ4n) is 2.55. The number of rotatable bonds is 10. The van der Waals surface area contributed by atoms with E-state index < -0.39 is 0 Å². The summed E-state index contributed by atoms with van der Waals surface area (Å²) < 4.78 is 5.23. The summed E-state index contributed by atoms with van der Waals surface area (Å²) in [7, 11) is 1.56. The number of hydrogen-bond donors (Lipinski definition) is 3. The van der Waals surface area contributed by atoms with Crippen LogP contribution in [0.4, 0.5) is 5.69 Å². The molecule has 1 heterocycles. The maximum atomic E-state index is 12.3. The van der Waals surface area contributed by atoms with Gasteiger partial charge in [0.2, 0.25) is 0 Å². The molecule has 0 spiro atoms. The van der Waals surface area contributed by atoms with Crippen LogP contribution in [-0.2, 0) is 16.0 Å². The molecule has 7 heteroatoms. The Labute approximate surface area is 158 Å². The van der Waals surface area contributed by atoms with E-state index in [1.54, 1.807) is 30.6 Å². The average Bonchev–Trinajstić information content (AvgIpc) is 3.15. The molecule has 0 saturated carbocycles. The molecule has 1 aromatic carbocycles. The quantitative estimate of drug-likeness (QED) is 0.578. The Morgan fingerprint density at radius 1 is 1.12 bits per heavy atom. The summed E-state index contributed by atoms with van der Waals surface area (Å²) in [5.74, 6) is 0.437. The first kappa shape index (κ1) is 19.9. The maximum Gasteiger partial charge on any atom is 0.279 e. The summed E-state index contributed by atoms with van der Waals surface area (Å²) in [5, 5.41) is 7.80. The minimum absolute atomic E-state index is 0.0384. The summed E-state index contributed by atoms with van der Waals surface area (Å²) in [5.41, 5.74) is 0.635. The first-order valence-electron chi connectivity index (χ1n) is 8.68. The largest absolute Gasteiger partial charge is 0.495 e. The number of amides is 2. The average molecular weight is 377 g/mol. The lowest BCUT2D eigenvalue weighted by atomic mass is 10.3. The van der Waals surface area contributed by atoms with Crippen molar-refractivity contribution in [2.45, 2.75) is 13.3 Å². The molecule has 26 heavy (non-hydrogen) atoms. The molecule has 1 aromatic heterocycles. The number of thiophene rings is 1. The van der Waals surface area contributed by atoms with Gasteiger partial charge in [-0.05, 0) is 36.9 Å². The number of benzene rings is 1. The standard InChI is InChI=1S/C19H25N3O3S/c1-3-22(13-18(23)20-11-10-15-7-6-12-26-15)14-19(24)21-16-8-4-5-9-17(16)25-2/h4-9,12H,3,10-11,13-14H2,1-2H3,(H,20,23)(H,21,24)/p+1. The van der Waals surface area contributed by atoms with Crippen molar-refractivity contribution in [1.29, 1.82) is 0 Å². The Morgan fingerprint density at radius 2 is 1.88 bits per heavy atom. The van der Waals surface area contributed by atoms with Gasteiger partial charge in [-0.25, -0.2) is 0 Å². The lowest BCUT2D eigenvalue weighted by molar-refractivity contribution is -0.881. The molecule has 0 aliphatic carbocycles. The monoisotopic (exact) mass is 376 g/mol. The van der Waals surface area contributed by atoms with Gasteiger partial charge >= 0.3 is 0 Å². The molecule has 2 amide bonds. The molecule has 0 bridgehead atoms. The second kappa shape index (κ2) is 10.6. The summed E-state index contributed by atoms with van der Waals surface area (Å²) >= 11 is 1.69. The highest BCUT2D eigenvalue weighted by molar-refractivity contribution is 7.09. The number of ether oxygens (including phenoxy) is 1. The fourth-order valence-corrected chi connectivity index (χ4v) is 3.26. The smallest absolute Gasteiger partial charge is 0.279 e. The van der Waals surface area contributed by atoms with Crippen molar-refractivity contribution in [2.75, 3.05) is 38.6 Å². The number of carbonyl (C=O) groups is 2. The number of quaternary nitrogens is 1. The van der Waals surface area contributed by atoms with Crippen LogP contribution in [0.2, 0.25) is 0 Å². The Hall–Kier alpha value is -2.38. The second-order valence-corrected chi connectivity index (χ2v) is 6.92. The van der Waals surface area contributed by atoms with E-state index in [9.17, 15) is 9.59 Å². The molecular formula is C19H26N3O3S+. The van der Waals surface area contributed by atoms with E-state index in [4.69, 9.17) is 4.74 Å². The number of carbonyl (C=O) groups excluding carboxylic acids is 2. The van der Waals surface area contributed by atoms with E-state index >= 15 is 0 Å².